The number of ether oxygens (including phenoxy) is 1. The lowest BCUT2D eigenvalue weighted by Gasteiger charge is -2.21. The summed E-state index contributed by atoms with van der Waals surface area (Å²) in [5, 5.41) is 13.2. The van der Waals surface area contributed by atoms with E-state index in [0.29, 0.717) is 36.5 Å². The molecule has 16 heavy (non-hydrogen) atoms. The van der Waals surface area contributed by atoms with Gasteiger partial charge < -0.3 is 15.2 Å². The van der Waals surface area contributed by atoms with E-state index in [1.165, 1.54) is 0 Å². The SMILES string of the molecule is OC1(CNc2nc(Cl)ncc2Br)CCOC1. The zero-order chi connectivity index (χ0) is 11.6. The molecule has 0 bridgehead atoms. The van der Waals surface area contributed by atoms with Crippen molar-refractivity contribution in [2.75, 3.05) is 25.1 Å². The van der Waals surface area contributed by atoms with E-state index in [9.17, 15) is 5.11 Å². The molecule has 0 radical (unpaired) electrons. The molecule has 0 saturated carbocycles. The van der Waals surface area contributed by atoms with Gasteiger partial charge in [0.05, 0.1) is 11.1 Å². The van der Waals surface area contributed by atoms with Crippen molar-refractivity contribution in [3.63, 3.8) is 0 Å². The first-order chi connectivity index (χ1) is 7.59. The molecule has 0 aromatic carbocycles. The van der Waals surface area contributed by atoms with Crippen molar-refractivity contribution in [1.29, 1.82) is 0 Å². The minimum atomic E-state index is -0.823. The van der Waals surface area contributed by atoms with Gasteiger partial charge >= 0.3 is 0 Å². The van der Waals surface area contributed by atoms with Crippen molar-refractivity contribution >= 4 is 33.3 Å². The van der Waals surface area contributed by atoms with Gasteiger partial charge in [-0.2, -0.15) is 4.98 Å². The molecule has 1 aromatic heterocycles. The quantitative estimate of drug-likeness (QED) is 0.828. The van der Waals surface area contributed by atoms with E-state index in [2.05, 4.69) is 31.2 Å². The second kappa shape index (κ2) is 4.83. The molecule has 2 rings (SSSR count). The van der Waals surface area contributed by atoms with Crippen molar-refractivity contribution in [2.24, 2.45) is 0 Å². The number of nitrogens with zero attached hydrogens (tertiary/aromatic N) is 2. The van der Waals surface area contributed by atoms with Crippen molar-refractivity contribution < 1.29 is 9.84 Å². The van der Waals surface area contributed by atoms with Gasteiger partial charge in [-0.05, 0) is 27.5 Å². The molecule has 0 amide bonds. The summed E-state index contributed by atoms with van der Waals surface area (Å²) in [7, 11) is 0. The molecular formula is C9H11BrClN3O2. The molecule has 88 valence electrons. The maximum atomic E-state index is 10.0. The standard InChI is InChI=1S/C9H11BrClN3O2/c10-6-3-12-8(11)14-7(6)13-4-9(15)1-2-16-5-9/h3,15H,1-2,4-5H2,(H,12,13,14). The normalized spacial score (nSPS) is 24.7. The molecule has 0 aliphatic carbocycles. The van der Waals surface area contributed by atoms with Crippen molar-refractivity contribution in [3.05, 3.63) is 16.0 Å². The van der Waals surface area contributed by atoms with E-state index in [4.69, 9.17) is 16.3 Å². The van der Waals surface area contributed by atoms with Crippen molar-refractivity contribution in [3.8, 4) is 0 Å². The van der Waals surface area contributed by atoms with Crippen molar-refractivity contribution in [2.45, 2.75) is 12.0 Å². The predicted molar refractivity (Wildman–Crippen MR) is 63.6 cm³/mol. The summed E-state index contributed by atoms with van der Waals surface area (Å²) in [5.41, 5.74) is -0.823. The molecule has 1 aliphatic rings. The topological polar surface area (TPSA) is 67.3 Å². The minimum absolute atomic E-state index is 0.167. The van der Waals surface area contributed by atoms with Crippen LogP contribution in [0.1, 0.15) is 6.42 Å². The van der Waals surface area contributed by atoms with Crippen LogP contribution >= 0.6 is 27.5 Å². The lowest BCUT2D eigenvalue weighted by molar-refractivity contribution is 0.0381. The molecule has 5 nitrogen and oxygen atoms in total. The Morgan fingerprint density at radius 3 is 3.19 bits per heavy atom. The molecule has 2 heterocycles. The van der Waals surface area contributed by atoms with Crippen LogP contribution in [0.5, 0.6) is 0 Å². The van der Waals surface area contributed by atoms with E-state index in [-0.39, 0.29) is 5.28 Å². The molecule has 1 atom stereocenters. The zero-order valence-electron chi connectivity index (χ0n) is 8.41. The van der Waals surface area contributed by atoms with Crippen LogP contribution in [0.25, 0.3) is 0 Å². The highest BCUT2D eigenvalue weighted by molar-refractivity contribution is 9.10. The Morgan fingerprint density at radius 2 is 2.50 bits per heavy atom. The smallest absolute Gasteiger partial charge is 0.224 e. The fourth-order valence-electron chi connectivity index (χ4n) is 1.45. The first-order valence-corrected chi connectivity index (χ1v) is 5.98. The number of rotatable bonds is 3. The van der Waals surface area contributed by atoms with Crippen LogP contribution in [0.3, 0.4) is 0 Å². The number of anilines is 1. The summed E-state index contributed by atoms with van der Waals surface area (Å²) in [6.07, 6.45) is 2.18. The number of aromatic nitrogens is 2. The van der Waals surface area contributed by atoms with Gasteiger partial charge in [0, 0.05) is 25.8 Å². The van der Waals surface area contributed by atoms with E-state index in [1.54, 1.807) is 6.20 Å². The van der Waals surface area contributed by atoms with Gasteiger partial charge in [0.2, 0.25) is 5.28 Å². The minimum Gasteiger partial charge on any atom is -0.386 e. The summed E-state index contributed by atoms with van der Waals surface area (Å²) in [4.78, 5) is 7.83. The lowest BCUT2D eigenvalue weighted by atomic mass is 10.0. The van der Waals surface area contributed by atoms with Crippen LogP contribution in [0.4, 0.5) is 5.82 Å². The van der Waals surface area contributed by atoms with Gasteiger partial charge in [0.15, 0.2) is 0 Å². The fraction of sp³-hybridized carbons (Fsp3) is 0.556. The molecule has 7 heteroatoms. The summed E-state index contributed by atoms with van der Waals surface area (Å²) in [6.45, 7) is 1.30. The predicted octanol–water partition coefficient (Wildman–Crippen LogP) is 1.46. The average Bonchev–Trinajstić information content (AvgIpc) is 2.67. The number of hydrogen-bond donors (Lipinski definition) is 2. The van der Waals surface area contributed by atoms with E-state index in [0.717, 1.165) is 0 Å². The van der Waals surface area contributed by atoms with Crippen LogP contribution in [-0.2, 0) is 4.74 Å². The third-order valence-corrected chi connectivity index (χ3v) is 3.14. The average molecular weight is 309 g/mol. The molecule has 0 spiro atoms. The Hall–Kier alpha value is -0.430. The number of hydrogen-bond acceptors (Lipinski definition) is 5. The number of halogens is 2. The van der Waals surface area contributed by atoms with E-state index in [1.807, 2.05) is 0 Å². The van der Waals surface area contributed by atoms with Gasteiger partial charge in [0.25, 0.3) is 0 Å². The molecule has 1 aliphatic heterocycles. The Balaban J connectivity index is 2.01. The molecule has 1 fully saturated rings. The first-order valence-electron chi connectivity index (χ1n) is 4.81. The Labute approximate surface area is 106 Å². The van der Waals surface area contributed by atoms with Crippen LogP contribution < -0.4 is 5.32 Å². The van der Waals surface area contributed by atoms with Crippen molar-refractivity contribution in [1.82, 2.24) is 9.97 Å². The number of aliphatic hydroxyl groups is 1. The van der Waals surface area contributed by atoms with Crippen LogP contribution in [0.15, 0.2) is 10.7 Å². The molecule has 1 saturated heterocycles. The van der Waals surface area contributed by atoms with Gasteiger partial charge in [-0.1, -0.05) is 0 Å². The molecule has 2 N–H and O–H groups in total. The van der Waals surface area contributed by atoms with Crippen LogP contribution in [0.2, 0.25) is 5.28 Å². The second-order valence-corrected chi connectivity index (χ2v) is 4.91. The van der Waals surface area contributed by atoms with E-state index < -0.39 is 5.60 Å². The highest BCUT2D eigenvalue weighted by Gasteiger charge is 2.32. The maximum Gasteiger partial charge on any atom is 0.224 e. The summed E-state index contributed by atoms with van der Waals surface area (Å²) >= 11 is 8.98. The van der Waals surface area contributed by atoms with Gasteiger partial charge in [-0.15, -0.1) is 0 Å². The van der Waals surface area contributed by atoms with Gasteiger partial charge in [-0.3, -0.25) is 0 Å². The third-order valence-electron chi connectivity index (χ3n) is 2.38. The summed E-state index contributed by atoms with van der Waals surface area (Å²) in [6, 6.07) is 0. The zero-order valence-corrected chi connectivity index (χ0v) is 10.8. The number of nitrogens with one attached hydrogen (secondary N) is 1. The molecule has 1 aromatic rings. The highest BCUT2D eigenvalue weighted by atomic mass is 79.9. The van der Waals surface area contributed by atoms with Gasteiger partial charge in [-0.25, -0.2) is 4.98 Å². The first kappa shape index (κ1) is 12.0. The van der Waals surface area contributed by atoms with E-state index >= 15 is 0 Å². The van der Waals surface area contributed by atoms with Crippen LogP contribution in [0, 0.1) is 0 Å². The fourth-order valence-corrected chi connectivity index (χ4v) is 1.92. The highest BCUT2D eigenvalue weighted by Crippen LogP contribution is 2.23. The maximum absolute atomic E-state index is 10.0. The Bertz CT molecular complexity index is 385. The molecule has 1 unspecified atom stereocenters. The lowest BCUT2D eigenvalue weighted by Crippen LogP contribution is -2.37. The summed E-state index contributed by atoms with van der Waals surface area (Å²) in [5.74, 6) is 0.570. The van der Waals surface area contributed by atoms with Gasteiger partial charge in [0.1, 0.15) is 11.4 Å². The molecular weight excluding hydrogens is 297 g/mol. The Morgan fingerprint density at radius 1 is 1.69 bits per heavy atom. The monoisotopic (exact) mass is 307 g/mol. The third kappa shape index (κ3) is 2.82. The second-order valence-electron chi connectivity index (χ2n) is 3.72. The Kier molecular flexibility index (Phi) is 3.63. The van der Waals surface area contributed by atoms with Crippen LogP contribution in [-0.4, -0.2) is 40.4 Å². The summed E-state index contributed by atoms with van der Waals surface area (Å²) < 4.78 is 5.85. The largest absolute Gasteiger partial charge is 0.386 e.